The number of aliphatic hydroxyl groups excluding tert-OH is 2. The van der Waals surface area contributed by atoms with Crippen LogP contribution in [0.5, 0.6) is 0 Å². The molecule has 7 nitrogen and oxygen atoms in total. The second-order valence-corrected chi connectivity index (χ2v) is 14.5. The van der Waals surface area contributed by atoms with Crippen LogP contribution in [0, 0.1) is 34.4 Å². The van der Waals surface area contributed by atoms with Crippen LogP contribution in [-0.2, 0) is 17.6 Å². The Labute approximate surface area is 264 Å². The molecule has 5 unspecified atom stereocenters. The number of rotatable bonds is 7. The highest BCUT2D eigenvalue weighted by atomic mass is 19.1. The van der Waals surface area contributed by atoms with Gasteiger partial charge in [-0.15, -0.1) is 0 Å². The number of nitrogens with zero attached hydrogens (tertiary/aromatic N) is 2. The van der Waals surface area contributed by atoms with Gasteiger partial charge in [-0.1, -0.05) is 49.8 Å². The topological polar surface area (TPSA) is 108 Å². The number of halogens is 1. The molecule has 1 heterocycles. The van der Waals surface area contributed by atoms with Crippen LogP contribution in [0.3, 0.4) is 0 Å². The van der Waals surface area contributed by atoms with Crippen LogP contribution in [0.1, 0.15) is 69.2 Å². The zero-order valence-corrected chi connectivity index (χ0v) is 26.1. The molecule has 0 saturated heterocycles. The predicted molar refractivity (Wildman–Crippen MR) is 170 cm³/mol. The molecule has 8 heteroatoms. The Morgan fingerprint density at radius 3 is 2.62 bits per heavy atom. The summed E-state index contributed by atoms with van der Waals surface area (Å²) in [7, 11) is 0. The molecule has 3 aromatic rings. The second-order valence-electron chi connectivity index (χ2n) is 14.5. The summed E-state index contributed by atoms with van der Waals surface area (Å²) in [5, 5.41) is 41.9. The lowest BCUT2D eigenvalue weighted by Crippen LogP contribution is -2.64. The SMILES string of the molecule is CC12Cc3cnn(-c4ccc(F)cc4)c3C=C1CCC1C2[C@@H](O)CC2(C)C1CC[C@]2(O)C(=O)N[C@H](CO)CCc1ccccc1. The van der Waals surface area contributed by atoms with E-state index in [1.165, 1.54) is 17.7 Å². The van der Waals surface area contributed by atoms with Crippen LogP contribution >= 0.6 is 0 Å². The molecule has 2 aromatic carbocycles. The van der Waals surface area contributed by atoms with Crippen molar-refractivity contribution in [2.75, 3.05) is 6.61 Å². The van der Waals surface area contributed by atoms with Crippen LogP contribution in [-0.4, -0.2) is 55.4 Å². The Balaban J connectivity index is 1.11. The van der Waals surface area contributed by atoms with Crippen molar-refractivity contribution in [1.29, 1.82) is 0 Å². The normalized spacial score (nSPS) is 34.1. The smallest absolute Gasteiger partial charge is 0.252 e. The molecule has 4 aliphatic carbocycles. The first-order chi connectivity index (χ1) is 21.6. The minimum absolute atomic E-state index is 0.000583. The number of nitrogens with one attached hydrogen (secondary N) is 1. The fourth-order valence-electron chi connectivity index (χ4n) is 9.85. The van der Waals surface area contributed by atoms with E-state index in [0.29, 0.717) is 25.7 Å². The summed E-state index contributed by atoms with van der Waals surface area (Å²) in [6.45, 7) is 4.07. The molecule has 1 aromatic heterocycles. The van der Waals surface area contributed by atoms with Gasteiger partial charge in [-0.2, -0.15) is 5.10 Å². The van der Waals surface area contributed by atoms with Crippen molar-refractivity contribution in [3.63, 3.8) is 0 Å². The van der Waals surface area contributed by atoms with Gasteiger partial charge in [-0.05, 0) is 116 Å². The van der Waals surface area contributed by atoms with Gasteiger partial charge in [-0.3, -0.25) is 4.79 Å². The van der Waals surface area contributed by atoms with E-state index in [0.717, 1.165) is 48.2 Å². The molecule has 0 bridgehead atoms. The number of hydrogen-bond acceptors (Lipinski definition) is 5. The maximum Gasteiger partial charge on any atom is 0.252 e. The average molecular weight is 614 g/mol. The molecule has 8 atom stereocenters. The van der Waals surface area contributed by atoms with E-state index in [-0.39, 0.29) is 35.6 Å². The molecule has 0 spiro atoms. The van der Waals surface area contributed by atoms with Crippen LogP contribution in [0.15, 0.2) is 66.4 Å². The summed E-state index contributed by atoms with van der Waals surface area (Å²) in [6, 6.07) is 15.9. The van der Waals surface area contributed by atoms with Crippen molar-refractivity contribution in [2.45, 2.75) is 83.0 Å². The van der Waals surface area contributed by atoms with Gasteiger partial charge in [0.1, 0.15) is 11.4 Å². The number of aliphatic hydroxyl groups is 3. The van der Waals surface area contributed by atoms with E-state index in [9.17, 15) is 24.5 Å². The van der Waals surface area contributed by atoms with Gasteiger partial charge in [-0.25, -0.2) is 9.07 Å². The average Bonchev–Trinajstić information content (AvgIpc) is 3.55. The third kappa shape index (κ3) is 4.79. The van der Waals surface area contributed by atoms with Crippen molar-refractivity contribution in [3.05, 3.63) is 89.0 Å². The van der Waals surface area contributed by atoms with Gasteiger partial charge in [0.05, 0.1) is 36.3 Å². The number of allylic oxidation sites excluding steroid dienone is 1. The highest BCUT2D eigenvalue weighted by Crippen LogP contribution is 2.67. The van der Waals surface area contributed by atoms with Crippen LogP contribution < -0.4 is 5.32 Å². The Kier molecular flexibility index (Phi) is 7.53. The molecular formula is C37H44FN3O4. The van der Waals surface area contributed by atoms with Crippen molar-refractivity contribution in [1.82, 2.24) is 15.1 Å². The first kappa shape index (κ1) is 30.3. The Bertz CT molecular complexity index is 1610. The number of carbonyl (C=O) groups excluding carboxylic acids is 1. The first-order valence-corrected chi connectivity index (χ1v) is 16.5. The number of benzene rings is 2. The number of fused-ring (bicyclic) bond motifs is 6. The molecule has 4 N–H and O–H groups in total. The summed E-state index contributed by atoms with van der Waals surface area (Å²) in [6.07, 6.45) is 8.67. The predicted octanol–water partition coefficient (Wildman–Crippen LogP) is 5.01. The summed E-state index contributed by atoms with van der Waals surface area (Å²) < 4.78 is 15.5. The van der Waals surface area contributed by atoms with E-state index in [4.69, 9.17) is 0 Å². The standard InChI is InChI=1S/C37H44FN3O4/c1-35-19-24-21-39-41(28-13-10-26(38)11-14-28)31(24)18-25(35)9-15-29-30-16-17-37(45,36(30,2)20-32(43)33(29)35)34(44)40-27(22-42)12-8-23-6-4-3-5-7-23/h3-7,10-11,13-14,18,21,27,29-30,32-33,42-43,45H,8-9,12,15-17,19-20,22H2,1-2H3,(H,40,44)/t27-,29?,30?,32-,33?,35?,36?,37-/m0/s1. The van der Waals surface area contributed by atoms with E-state index in [2.05, 4.69) is 23.4 Å². The van der Waals surface area contributed by atoms with Crippen LogP contribution in [0.2, 0.25) is 0 Å². The van der Waals surface area contributed by atoms with Crippen molar-refractivity contribution >= 4 is 12.0 Å². The fraction of sp³-hybridized carbons (Fsp3) is 0.514. The quantitative estimate of drug-likeness (QED) is 0.300. The Morgan fingerprint density at radius 2 is 1.89 bits per heavy atom. The van der Waals surface area contributed by atoms with Crippen molar-refractivity contribution in [3.8, 4) is 5.69 Å². The minimum atomic E-state index is -1.61. The lowest BCUT2D eigenvalue weighted by Gasteiger charge is -2.60. The number of aryl methyl sites for hydroxylation is 1. The largest absolute Gasteiger partial charge is 0.394 e. The molecule has 0 aliphatic heterocycles. The molecule has 1 amide bonds. The Hall–Kier alpha value is -3.33. The molecule has 45 heavy (non-hydrogen) atoms. The monoisotopic (exact) mass is 613 g/mol. The van der Waals surface area contributed by atoms with Gasteiger partial charge in [0, 0.05) is 5.41 Å². The maximum absolute atomic E-state index is 13.8. The molecule has 0 radical (unpaired) electrons. The maximum atomic E-state index is 13.8. The van der Waals surface area contributed by atoms with Gasteiger partial charge >= 0.3 is 0 Å². The summed E-state index contributed by atoms with van der Waals surface area (Å²) >= 11 is 0. The first-order valence-electron chi connectivity index (χ1n) is 16.5. The highest BCUT2D eigenvalue weighted by Gasteiger charge is 2.68. The molecule has 4 aliphatic rings. The molecular weight excluding hydrogens is 569 g/mol. The summed E-state index contributed by atoms with van der Waals surface area (Å²) in [4.78, 5) is 13.8. The summed E-state index contributed by atoms with van der Waals surface area (Å²) in [5.41, 5.74) is 2.72. The zero-order chi connectivity index (χ0) is 31.6. The van der Waals surface area contributed by atoms with Crippen LogP contribution in [0.4, 0.5) is 4.39 Å². The van der Waals surface area contributed by atoms with Crippen molar-refractivity contribution in [2.24, 2.45) is 28.6 Å². The van der Waals surface area contributed by atoms with Gasteiger partial charge in [0.2, 0.25) is 0 Å². The molecule has 7 rings (SSSR count). The lowest BCUT2D eigenvalue weighted by molar-refractivity contribution is -0.181. The second kappa shape index (κ2) is 11.2. The minimum Gasteiger partial charge on any atom is -0.394 e. The number of carbonyl (C=O) groups is 1. The Morgan fingerprint density at radius 1 is 1.13 bits per heavy atom. The van der Waals surface area contributed by atoms with Gasteiger partial charge in [0.15, 0.2) is 0 Å². The van der Waals surface area contributed by atoms with E-state index in [1.807, 2.05) is 48.1 Å². The third-order valence-electron chi connectivity index (χ3n) is 12.2. The fourth-order valence-corrected chi connectivity index (χ4v) is 9.85. The van der Waals surface area contributed by atoms with Gasteiger partial charge < -0.3 is 20.6 Å². The summed E-state index contributed by atoms with van der Waals surface area (Å²) in [5.74, 6) is -0.443. The van der Waals surface area contributed by atoms with E-state index in [1.54, 1.807) is 12.1 Å². The van der Waals surface area contributed by atoms with Crippen LogP contribution in [0.25, 0.3) is 11.8 Å². The van der Waals surface area contributed by atoms with E-state index < -0.39 is 29.1 Å². The van der Waals surface area contributed by atoms with E-state index >= 15 is 0 Å². The zero-order valence-electron chi connectivity index (χ0n) is 26.1. The number of aromatic nitrogens is 2. The third-order valence-corrected chi connectivity index (χ3v) is 12.2. The van der Waals surface area contributed by atoms with Crippen molar-refractivity contribution < 1.29 is 24.5 Å². The lowest BCUT2D eigenvalue weighted by atomic mass is 9.45. The molecule has 3 fully saturated rings. The number of amides is 1. The highest BCUT2D eigenvalue weighted by molar-refractivity contribution is 5.87. The molecule has 238 valence electrons. The van der Waals surface area contributed by atoms with Gasteiger partial charge in [0.25, 0.3) is 5.91 Å². The number of hydrogen-bond donors (Lipinski definition) is 4. The molecule has 3 saturated carbocycles.